The number of hydrogen-bond donors (Lipinski definition) is 1. The lowest BCUT2D eigenvalue weighted by molar-refractivity contribution is 0.306. The number of benzene rings is 2. The van der Waals surface area contributed by atoms with Crippen molar-refractivity contribution in [1.29, 1.82) is 0 Å². The first-order valence-electron chi connectivity index (χ1n) is 6.47. The monoisotopic (exact) mass is 291 g/mol. The van der Waals surface area contributed by atoms with Gasteiger partial charge in [0.2, 0.25) is 0 Å². The van der Waals surface area contributed by atoms with Crippen LogP contribution in [0.5, 0.6) is 11.5 Å². The third kappa shape index (κ3) is 3.58. The summed E-state index contributed by atoms with van der Waals surface area (Å²) < 4.78 is 10.9. The molecule has 0 radical (unpaired) electrons. The summed E-state index contributed by atoms with van der Waals surface area (Å²) in [6.45, 7) is 3.23. The van der Waals surface area contributed by atoms with Gasteiger partial charge in [-0.2, -0.15) is 0 Å². The molecule has 0 aliphatic heterocycles. The first kappa shape index (κ1) is 14.5. The summed E-state index contributed by atoms with van der Waals surface area (Å²) in [6, 6.07) is 13.4. The maximum absolute atomic E-state index is 6.15. The summed E-state index contributed by atoms with van der Waals surface area (Å²) in [5, 5.41) is 4.02. The van der Waals surface area contributed by atoms with Crippen molar-refractivity contribution in [3.8, 4) is 11.5 Å². The van der Waals surface area contributed by atoms with Gasteiger partial charge in [0.05, 0.1) is 17.8 Å². The second-order valence-electron chi connectivity index (χ2n) is 4.36. The zero-order valence-electron chi connectivity index (χ0n) is 11.7. The van der Waals surface area contributed by atoms with E-state index in [1.807, 2.05) is 49.4 Å². The molecule has 0 bridgehead atoms. The smallest absolute Gasteiger partial charge is 0.161 e. The summed E-state index contributed by atoms with van der Waals surface area (Å²) in [6.07, 6.45) is 0. The van der Waals surface area contributed by atoms with E-state index in [4.69, 9.17) is 21.1 Å². The Bertz CT molecular complexity index is 552. The molecule has 0 aromatic heterocycles. The fraction of sp³-hybridized carbons (Fsp3) is 0.250. The van der Waals surface area contributed by atoms with Crippen LogP contribution in [0.25, 0.3) is 0 Å². The van der Waals surface area contributed by atoms with E-state index < -0.39 is 0 Å². The van der Waals surface area contributed by atoms with Gasteiger partial charge in [-0.05, 0) is 30.7 Å². The largest absolute Gasteiger partial charge is 0.493 e. The Morgan fingerprint density at radius 1 is 1.05 bits per heavy atom. The van der Waals surface area contributed by atoms with E-state index in [2.05, 4.69) is 5.32 Å². The third-order valence-electron chi connectivity index (χ3n) is 2.95. The second kappa shape index (κ2) is 7.06. The van der Waals surface area contributed by atoms with Gasteiger partial charge in [0, 0.05) is 6.54 Å². The van der Waals surface area contributed by atoms with Crippen molar-refractivity contribution in [1.82, 2.24) is 0 Å². The molecule has 2 rings (SSSR count). The van der Waals surface area contributed by atoms with Gasteiger partial charge in [0.15, 0.2) is 11.5 Å². The molecule has 0 amide bonds. The van der Waals surface area contributed by atoms with Gasteiger partial charge in [-0.3, -0.25) is 0 Å². The van der Waals surface area contributed by atoms with Gasteiger partial charge in [0.25, 0.3) is 0 Å². The summed E-state index contributed by atoms with van der Waals surface area (Å²) >= 11 is 6.15. The quantitative estimate of drug-likeness (QED) is 0.811. The van der Waals surface area contributed by atoms with Crippen molar-refractivity contribution in [3.63, 3.8) is 0 Å². The topological polar surface area (TPSA) is 30.5 Å². The van der Waals surface area contributed by atoms with Crippen molar-refractivity contribution < 1.29 is 9.47 Å². The molecule has 0 atom stereocenters. The van der Waals surface area contributed by atoms with Crippen molar-refractivity contribution in [2.45, 2.75) is 6.92 Å². The maximum atomic E-state index is 6.15. The SMILES string of the molecule is COc1ccccc1OCCNc1c(C)cccc1Cl. The average molecular weight is 292 g/mol. The van der Waals surface area contributed by atoms with Crippen molar-refractivity contribution >= 4 is 17.3 Å². The second-order valence-corrected chi connectivity index (χ2v) is 4.77. The number of nitrogens with one attached hydrogen (secondary N) is 1. The molecule has 0 saturated heterocycles. The van der Waals surface area contributed by atoms with Gasteiger partial charge in [-0.1, -0.05) is 35.9 Å². The zero-order valence-corrected chi connectivity index (χ0v) is 12.4. The molecule has 0 aliphatic carbocycles. The summed E-state index contributed by atoms with van der Waals surface area (Å²) in [5.74, 6) is 1.48. The molecule has 0 fully saturated rings. The normalized spacial score (nSPS) is 10.2. The molecule has 106 valence electrons. The van der Waals surface area contributed by atoms with Crippen LogP contribution >= 0.6 is 11.6 Å². The van der Waals surface area contributed by atoms with E-state index in [-0.39, 0.29) is 0 Å². The molecule has 0 spiro atoms. The number of methoxy groups -OCH3 is 1. The fourth-order valence-electron chi connectivity index (χ4n) is 1.93. The summed E-state index contributed by atoms with van der Waals surface area (Å²) in [4.78, 5) is 0. The van der Waals surface area contributed by atoms with E-state index in [9.17, 15) is 0 Å². The van der Waals surface area contributed by atoms with E-state index in [1.54, 1.807) is 7.11 Å². The molecule has 20 heavy (non-hydrogen) atoms. The van der Waals surface area contributed by atoms with Crippen LogP contribution in [0.1, 0.15) is 5.56 Å². The van der Waals surface area contributed by atoms with Gasteiger partial charge in [-0.25, -0.2) is 0 Å². The van der Waals surface area contributed by atoms with Crippen LogP contribution in [0.4, 0.5) is 5.69 Å². The number of para-hydroxylation sites is 3. The minimum absolute atomic E-state index is 0.533. The number of ether oxygens (including phenoxy) is 2. The zero-order chi connectivity index (χ0) is 14.4. The van der Waals surface area contributed by atoms with Crippen molar-refractivity contribution in [3.05, 3.63) is 53.1 Å². The van der Waals surface area contributed by atoms with Crippen LogP contribution in [0.3, 0.4) is 0 Å². The first-order valence-corrected chi connectivity index (χ1v) is 6.85. The van der Waals surface area contributed by atoms with Crippen molar-refractivity contribution in [2.24, 2.45) is 0 Å². The number of halogens is 1. The number of anilines is 1. The molecule has 2 aromatic carbocycles. The Morgan fingerprint density at radius 3 is 2.50 bits per heavy atom. The van der Waals surface area contributed by atoms with E-state index in [0.29, 0.717) is 13.2 Å². The van der Waals surface area contributed by atoms with Crippen LogP contribution in [-0.2, 0) is 0 Å². The van der Waals surface area contributed by atoms with Crippen LogP contribution in [0.2, 0.25) is 5.02 Å². The average Bonchev–Trinajstić information content (AvgIpc) is 2.46. The van der Waals surface area contributed by atoms with E-state index in [1.165, 1.54) is 0 Å². The van der Waals surface area contributed by atoms with Gasteiger partial charge >= 0.3 is 0 Å². The molecule has 0 heterocycles. The predicted octanol–water partition coefficient (Wildman–Crippen LogP) is 4.15. The maximum Gasteiger partial charge on any atom is 0.161 e. The first-order chi connectivity index (χ1) is 9.72. The lowest BCUT2D eigenvalue weighted by Gasteiger charge is -2.13. The fourth-order valence-corrected chi connectivity index (χ4v) is 2.22. The Kier molecular flexibility index (Phi) is 5.13. The molecular formula is C16H18ClNO2. The lowest BCUT2D eigenvalue weighted by Crippen LogP contribution is -2.12. The van der Waals surface area contributed by atoms with Crippen LogP contribution < -0.4 is 14.8 Å². The lowest BCUT2D eigenvalue weighted by atomic mass is 10.2. The van der Waals surface area contributed by atoms with Crippen LogP contribution in [0, 0.1) is 6.92 Å². The van der Waals surface area contributed by atoms with Crippen LogP contribution in [0.15, 0.2) is 42.5 Å². The Labute approximate surface area is 124 Å². The van der Waals surface area contributed by atoms with Gasteiger partial charge < -0.3 is 14.8 Å². The standard InChI is InChI=1S/C16H18ClNO2/c1-12-6-5-7-13(17)16(12)18-10-11-20-15-9-4-3-8-14(15)19-2/h3-9,18H,10-11H2,1-2H3. The Morgan fingerprint density at radius 2 is 1.80 bits per heavy atom. The molecule has 0 aliphatic rings. The molecule has 3 nitrogen and oxygen atoms in total. The number of aryl methyl sites for hydroxylation is 1. The number of rotatable bonds is 6. The minimum atomic E-state index is 0.533. The Balaban J connectivity index is 1.88. The van der Waals surface area contributed by atoms with Gasteiger partial charge in [-0.15, -0.1) is 0 Å². The molecule has 0 unspecified atom stereocenters. The van der Waals surface area contributed by atoms with Gasteiger partial charge in [0.1, 0.15) is 6.61 Å². The highest BCUT2D eigenvalue weighted by Gasteiger charge is 2.04. The Hall–Kier alpha value is -1.87. The molecule has 1 N–H and O–H groups in total. The summed E-state index contributed by atoms with van der Waals surface area (Å²) in [5.41, 5.74) is 2.08. The summed E-state index contributed by atoms with van der Waals surface area (Å²) in [7, 11) is 1.63. The highest BCUT2D eigenvalue weighted by Crippen LogP contribution is 2.26. The highest BCUT2D eigenvalue weighted by molar-refractivity contribution is 6.33. The molecule has 0 saturated carbocycles. The number of hydrogen-bond acceptors (Lipinski definition) is 3. The van der Waals surface area contributed by atoms with Crippen LogP contribution in [-0.4, -0.2) is 20.3 Å². The molecule has 4 heteroatoms. The predicted molar refractivity (Wildman–Crippen MR) is 83.2 cm³/mol. The highest BCUT2D eigenvalue weighted by atomic mass is 35.5. The van der Waals surface area contributed by atoms with E-state index >= 15 is 0 Å². The third-order valence-corrected chi connectivity index (χ3v) is 3.27. The molecule has 2 aromatic rings. The minimum Gasteiger partial charge on any atom is -0.493 e. The molecular weight excluding hydrogens is 274 g/mol. The van der Waals surface area contributed by atoms with Crippen molar-refractivity contribution in [2.75, 3.05) is 25.6 Å². The van der Waals surface area contributed by atoms with E-state index in [0.717, 1.165) is 27.8 Å².